The standard InChI is InChI=1S/C23H22F3N5O/c1-13-7-16(29-12-28-13)10-21-30-20-11-27-19-4-3-15(23(24,25)26)9-18(19)22(20)31(21)17-5-6-32-14(2)8-17/h3-4,7,9,11-12,14,17H,5-6,8,10H2,1-2H3/t14-,17-/m1/s1. The molecular weight excluding hydrogens is 419 g/mol. The molecule has 1 saturated heterocycles. The van der Waals surface area contributed by atoms with E-state index in [2.05, 4.69) is 19.5 Å². The van der Waals surface area contributed by atoms with Crippen LogP contribution >= 0.6 is 0 Å². The highest BCUT2D eigenvalue weighted by Gasteiger charge is 2.32. The molecule has 32 heavy (non-hydrogen) atoms. The lowest BCUT2D eigenvalue weighted by molar-refractivity contribution is -0.137. The van der Waals surface area contributed by atoms with Gasteiger partial charge in [0, 0.05) is 30.1 Å². The summed E-state index contributed by atoms with van der Waals surface area (Å²) in [7, 11) is 0. The molecule has 0 unspecified atom stereocenters. The second-order valence-electron chi connectivity index (χ2n) is 8.31. The Labute approximate surface area is 182 Å². The number of benzene rings is 1. The maximum Gasteiger partial charge on any atom is 0.416 e. The lowest BCUT2D eigenvalue weighted by Crippen LogP contribution is -2.26. The number of rotatable bonds is 3. The highest BCUT2D eigenvalue weighted by atomic mass is 19.4. The summed E-state index contributed by atoms with van der Waals surface area (Å²) < 4.78 is 48.3. The molecule has 9 heteroatoms. The van der Waals surface area contributed by atoms with Crippen LogP contribution < -0.4 is 0 Å². The highest BCUT2D eigenvalue weighted by molar-refractivity contribution is 6.02. The van der Waals surface area contributed by atoms with Gasteiger partial charge < -0.3 is 9.30 Å². The van der Waals surface area contributed by atoms with Crippen molar-refractivity contribution in [3.63, 3.8) is 0 Å². The topological polar surface area (TPSA) is 65.7 Å². The maximum atomic E-state index is 13.5. The van der Waals surface area contributed by atoms with E-state index >= 15 is 0 Å². The molecule has 0 N–H and O–H groups in total. The summed E-state index contributed by atoms with van der Waals surface area (Å²) in [4.78, 5) is 17.7. The Bertz CT molecular complexity index is 1300. The Morgan fingerprint density at radius 2 is 1.97 bits per heavy atom. The van der Waals surface area contributed by atoms with E-state index in [4.69, 9.17) is 9.72 Å². The number of pyridine rings is 1. The first kappa shape index (κ1) is 20.8. The number of halogens is 3. The van der Waals surface area contributed by atoms with Crippen LogP contribution in [0.2, 0.25) is 0 Å². The molecule has 5 rings (SSSR count). The van der Waals surface area contributed by atoms with Crippen molar-refractivity contribution in [2.75, 3.05) is 6.61 Å². The first-order chi connectivity index (χ1) is 15.3. The first-order valence-electron chi connectivity index (χ1n) is 10.6. The summed E-state index contributed by atoms with van der Waals surface area (Å²) in [5, 5.41) is 0.453. The Balaban J connectivity index is 1.75. The van der Waals surface area contributed by atoms with Crippen molar-refractivity contribution in [3.8, 4) is 0 Å². The summed E-state index contributed by atoms with van der Waals surface area (Å²) in [6.07, 6.45) is 0.733. The van der Waals surface area contributed by atoms with Gasteiger partial charge in [-0.2, -0.15) is 13.2 Å². The molecule has 4 heterocycles. The number of aryl methyl sites for hydroxylation is 1. The summed E-state index contributed by atoms with van der Waals surface area (Å²) in [5.41, 5.74) is 2.73. The van der Waals surface area contributed by atoms with Gasteiger partial charge in [0.2, 0.25) is 0 Å². The molecule has 0 bridgehead atoms. The number of imidazole rings is 1. The Kier molecular flexibility index (Phi) is 5.08. The van der Waals surface area contributed by atoms with Crippen LogP contribution in [0, 0.1) is 6.92 Å². The van der Waals surface area contributed by atoms with Crippen molar-refractivity contribution in [2.45, 2.75) is 51.4 Å². The van der Waals surface area contributed by atoms with E-state index in [1.807, 2.05) is 19.9 Å². The van der Waals surface area contributed by atoms with E-state index in [9.17, 15) is 13.2 Å². The first-order valence-corrected chi connectivity index (χ1v) is 10.6. The van der Waals surface area contributed by atoms with Gasteiger partial charge in [0.15, 0.2) is 0 Å². The van der Waals surface area contributed by atoms with Crippen molar-refractivity contribution in [1.29, 1.82) is 0 Å². The molecule has 0 amide bonds. The van der Waals surface area contributed by atoms with Gasteiger partial charge in [0.25, 0.3) is 0 Å². The smallest absolute Gasteiger partial charge is 0.378 e. The van der Waals surface area contributed by atoms with Crippen molar-refractivity contribution in [1.82, 2.24) is 24.5 Å². The number of aromatic nitrogens is 5. The van der Waals surface area contributed by atoms with Gasteiger partial charge in [0.1, 0.15) is 17.7 Å². The predicted molar refractivity (Wildman–Crippen MR) is 113 cm³/mol. The number of fused-ring (bicyclic) bond motifs is 3. The minimum Gasteiger partial charge on any atom is -0.378 e. The van der Waals surface area contributed by atoms with Gasteiger partial charge in [-0.05, 0) is 51.0 Å². The lowest BCUT2D eigenvalue weighted by Gasteiger charge is -2.30. The summed E-state index contributed by atoms with van der Waals surface area (Å²) in [5.74, 6) is 0.754. The van der Waals surface area contributed by atoms with E-state index in [1.165, 1.54) is 18.5 Å². The van der Waals surface area contributed by atoms with Crippen LogP contribution in [0.4, 0.5) is 13.2 Å². The Morgan fingerprint density at radius 1 is 1.12 bits per heavy atom. The van der Waals surface area contributed by atoms with Gasteiger partial charge in [-0.3, -0.25) is 4.98 Å². The quantitative estimate of drug-likeness (QED) is 0.446. The number of nitrogens with zero attached hydrogens (tertiary/aromatic N) is 5. The monoisotopic (exact) mass is 441 g/mol. The summed E-state index contributed by atoms with van der Waals surface area (Å²) in [6, 6.07) is 5.64. The predicted octanol–water partition coefficient (Wildman–Crippen LogP) is 5.03. The van der Waals surface area contributed by atoms with Crippen LogP contribution in [0.15, 0.2) is 36.8 Å². The number of ether oxygens (including phenoxy) is 1. The molecule has 0 radical (unpaired) electrons. The highest BCUT2D eigenvalue weighted by Crippen LogP contribution is 2.37. The largest absolute Gasteiger partial charge is 0.416 e. The SMILES string of the molecule is Cc1cc(Cc2nc3cnc4ccc(C(F)(F)F)cc4c3n2[C@@H]2CCO[C@H](C)C2)ncn1. The van der Waals surface area contributed by atoms with Crippen molar-refractivity contribution in [3.05, 3.63) is 59.6 Å². The molecule has 1 aliphatic rings. The molecular formula is C23H22F3N5O. The van der Waals surface area contributed by atoms with Crippen LogP contribution in [0.5, 0.6) is 0 Å². The molecule has 1 aliphatic heterocycles. The van der Waals surface area contributed by atoms with E-state index in [0.29, 0.717) is 35.0 Å². The molecule has 2 atom stereocenters. The summed E-state index contributed by atoms with van der Waals surface area (Å²) >= 11 is 0. The van der Waals surface area contributed by atoms with Crippen LogP contribution in [-0.4, -0.2) is 37.2 Å². The number of hydrogen-bond donors (Lipinski definition) is 0. The average molecular weight is 441 g/mol. The molecule has 0 saturated carbocycles. The van der Waals surface area contributed by atoms with Gasteiger partial charge in [0.05, 0.1) is 34.6 Å². The Morgan fingerprint density at radius 3 is 2.72 bits per heavy atom. The third kappa shape index (κ3) is 3.81. The zero-order chi connectivity index (χ0) is 22.5. The molecule has 166 valence electrons. The lowest BCUT2D eigenvalue weighted by atomic mass is 10.0. The van der Waals surface area contributed by atoms with E-state index in [1.54, 1.807) is 6.20 Å². The van der Waals surface area contributed by atoms with Crippen LogP contribution in [-0.2, 0) is 17.3 Å². The fourth-order valence-electron chi connectivity index (χ4n) is 4.50. The van der Waals surface area contributed by atoms with Gasteiger partial charge in [-0.25, -0.2) is 15.0 Å². The second-order valence-corrected chi connectivity index (χ2v) is 8.31. The molecule has 1 fully saturated rings. The zero-order valence-electron chi connectivity index (χ0n) is 17.7. The van der Waals surface area contributed by atoms with Gasteiger partial charge in [-0.15, -0.1) is 0 Å². The molecule has 3 aromatic heterocycles. The number of alkyl halides is 3. The fraction of sp³-hybridized carbons (Fsp3) is 0.391. The average Bonchev–Trinajstić information content (AvgIpc) is 3.11. The molecule has 0 spiro atoms. The second kappa shape index (κ2) is 7.81. The van der Waals surface area contributed by atoms with E-state index < -0.39 is 11.7 Å². The minimum atomic E-state index is -4.43. The van der Waals surface area contributed by atoms with Crippen molar-refractivity contribution in [2.24, 2.45) is 0 Å². The maximum absolute atomic E-state index is 13.5. The van der Waals surface area contributed by atoms with Crippen LogP contribution in [0.3, 0.4) is 0 Å². The zero-order valence-corrected chi connectivity index (χ0v) is 17.7. The van der Waals surface area contributed by atoms with Gasteiger partial charge in [-0.1, -0.05) is 0 Å². The summed E-state index contributed by atoms with van der Waals surface area (Å²) in [6.45, 7) is 4.50. The fourth-order valence-corrected chi connectivity index (χ4v) is 4.50. The van der Waals surface area contributed by atoms with E-state index in [0.717, 1.165) is 36.1 Å². The van der Waals surface area contributed by atoms with Crippen molar-refractivity contribution < 1.29 is 17.9 Å². The molecule has 6 nitrogen and oxygen atoms in total. The van der Waals surface area contributed by atoms with E-state index in [-0.39, 0.29) is 12.1 Å². The van der Waals surface area contributed by atoms with Crippen LogP contribution in [0.1, 0.15) is 48.6 Å². The molecule has 0 aliphatic carbocycles. The molecule has 4 aromatic rings. The van der Waals surface area contributed by atoms with Crippen LogP contribution in [0.25, 0.3) is 21.9 Å². The minimum absolute atomic E-state index is 0.0548. The normalized spacial score (nSPS) is 19.7. The van der Waals surface area contributed by atoms with Gasteiger partial charge >= 0.3 is 6.18 Å². The van der Waals surface area contributed by atoms with Crippen molar-refractivity contribution >= 4 is 21.9 Å². The Hall–Kier alpha value is -3.07. The third-order valence-corrected chi connectivity index (χ3v) is 5.94. The third-order valence-electron chi connectivity index (χ3n) is 5.94. The molecule has 1 aromatic carbocycles. The number of hydrogen-bond acceptors (Lipinski definition) is 5.